The fourth-order valence-corrected chi connectivity index (χ4v) is 0.894. The van der Waals surface area contributed by atoms with Crippen LogP contribution in [0.1, 0.15) is 17.3 Å². The number of esters is 1. The average Bonchev–Trinajstić information content (AvgIpc) is 2.19. The standard InChI is InChI=1S/C10H9ClO3/c1-7(9(11)12)14-10(13)8-5-3-2-4-6-8/h2-7H,1H3/t7-/m0/s1. The molecule has 0 amide bonds. The highest BCUT2D eigenvalue weighted by atomic mass is 35.5. The summed E-state index contributed by atoms with van der Waals surface area (Å²) in [6, 6.07) is 8.42. The van der Waals surface area contributed by atoms with Gasteiger partial charge in [0.1, 0.15) is 0 Å². The lowest BCUT2D eigenvalue weighted by Crippen LogP contribution is -2.20. The number of ether oxygens (including phenoxy) is 1. The van der Waals surface area contributed by atoms with E-state index in [9.17, 15) is 9.59 Å². The molecule has 0 spiro atoms. The van der Waals surface area contributed by atoms with Crippen LogP contribution in [0.4, 0.5) is 0 Å². The summed E-state index contributed by atoms with van der Waals surface area (Å²) < 4.78 is 4.78. The molecule has 0 aromatic heterocycles. The number of rotatable bonds is 3. The lowest BCUT2D eigenvalue weighted by Gasteiger charge is -2.08. The fraction of sp³-hybridized carbons (Fsp3) is 0.200. The van der Waals surface area contributed by atoms with Gasteiger partial charge < -0.3 is 4.74 Å². The highest BCUT2D eigenvalue weighted by molar-refractivity contribution is 6.64. The SMILES string of the molecule is C[C@H](OC(=O)c1ccccc1)C(=O)Cl. The summed E-state index contributed by atoms with van der Waals surface area (Å²) in [6.07, 6.45) is -0.913. The second kappa shape index (κ2) is 4.77. The Kier molecular flexibility index (Phi) is 3.65. The molecule has 1 aromatic rings. The molecule has 1 rings (SSSR count). The molecule has 0 N–H and O–H groups in total. The highest BCUT2D eigenvalue weighted by Crippen LogP contribution is 2.05. The van der Waals surface area contributed by atoms with Crippen LogP contribution in [0.2, 0.25) is 0 Å². The maximum absolute atomic E-state index is 11.3. The van der Waals surface area contributed by atoms with Crippen molar-refractivity contribution in [1.29, 1.82) is 0 Å². The first-order chi connectivity index (χ1) is 6.61. The molecule has 0 heterocycles. The third-order valence-corrected chi connectivity index (χ3v) is 1.92. The molecule has 14 heavy (non-hydrogen) atoms. The molecule has 0 fully saturated rings. The third-order valence-electron chi connectivity index (χ3n) is 1.61. The Hall–Kier alpha value is -1.35. The van der Waals surface area contributed by atoms with Crippen molar-refractivity contribution in [1.82, 2.24) is 0 Å². The summed E-state index contributed by atoms with van der Waals surface area (Å²) in [5, 5.41) is -0.686. The van der Waals surface area contributed by atoms with Crippen LogP contribution >= 0.6 is 11.6 Å². The first-order valence-electron chi connectivity index (χ1n) is 4.06. The summed E-state index contributed by atoms with van der Waals surface area (Å²) in [4.78, 5) is 21.9. The quantitative estimate of drug-likeness (QED) is 0.569. The normalized spacial score (nSPS) is 11.9. The third kappa shape index (κ3) is 2.85. The van der Waals surface area contributed by atoms with Gasteiger partial charge >= 0.3 is 5.97 Å². The van der Waals surface area contributed by atoms with Crippen molar-refractivity contribution >= 4 is 22.8 Å². The van der Waals surface area contributed by atoms with Crippen LogP contribution < -0.4 is 0 Å². The largest absolute Gasteiger partial charge is 0.450 e. The minimum absolute atomic E-state index is 0.400. The molecule has 3 nitrogen and oxygen atoms in total. The van der Waals surface area contributed by atoms with Gasteiger partial charge in [-0.05, 0) is 30.7 Å². The minimum atomic E-state index is -0.913. The summed E-state index contributed by atoms with van der Waals surface area (Å²) in [5.74, 6) is -0.549. The Morgan fingerprint density at radius 3 is 2.36 bits per heavy atom. The number of halogens is 1. The van der Waals surface area contributed by atoms with Gasteiger partial charge in [0.2, 0.25) is 0 Å². The maximum Gasteiger partial charge on any atom is 0.338 e. The molecular formula is C10H9ClO3. The van der Waals surface area contributed by atoms with E-state index in [0.29, 0.717) is 5.56 Å². The Morgan fingerprint density at radius 2 is 1.86 bits per heavy atom. The Morgan fingerprint density at radius 1 is 1.29 bits per heavy atom. The fourth-order valence-electron chi connectivity index (χ4n) is 0.849. The first-order valence-corrected chi connectivity index (χ1v) is 4.44. The van der Waals surface area contributed by atoms with Crippen molar-refractivity contribution < 1.29 is 14.3 Å². The van der Waals surface area contributed by atoms with Crippen molar-refractivity contribution in [2.75, 3.05) is 0 Å². The van der Waals surface area contributed by atoms with Gasteiger partial charge in [0.25, 0.3) is 5.24 Å². The Bertz CT molecular complexity index is 334. The molecule has 4 heteroatoms. The van der Waals surface area contributed by atoms with Crippen LogP contribution in [0.25, 0.3) is 0 Å². The number of hydrogen-bond donors (Lipinski definition) is 0. The van der Waals surface area contributed by atoms with Crippen molar-refractivity contribution in [3.63, 3.8) is 0 Å². The van der Waals surface area contributed by atoms with Gasteiger partial charge in [-0.3, -0.25) is 4.79 Å². The van der Waals surface area contributed by atoms with E-state index in [2.05, 4.69) is 0 Å². The van der Waals surface area contributed by atoms with Crippen molar-refractivity contribution in [2.24, 2.45) is 0 Å². The molecule has 0 unspecified atom stereocenters. The van der Waals surface area contributed by atoms with E-state index in [0.717, 1.165) is 0 Å². The predicted molar refractivity (Wildman–Crippen MR) is 52.2 cm³/mol. The van der Waals surface area contributed by atoms with Crippen LogP contribution in [0.5, 0.6) is 0 Å². The monoisotopic (exact) mass is 212 g/mol. The molecule has 1 atom stereocenters. The van der Waals surface area contributed by atoms with Crippen LogP contribution in [0.3, 0.4) is 0 Å². The van der Waals surface area contributed by atoms with E-state index in [1.807, 2.05) is 0 Å². The van der Waals surface area contributed by atoms with E-state index in [4.69, 9.17) is 16.3 Å². The highest BCUT2D eigenvalue weighted by Gasteiger charge is 2.16. The van der Waals surface area contributed by atoms with Crippen molar-refractivity contribution in [2.45, 2.75) is 13.0 Å². The van der Waals surface area contributed by atoms with Gasteiger partial charge in [-0.1, -0.05) is 18.2 Å². The van der Waals surface area contributed by atoms with Crippen molar-refractivity contribution in [3.8, 4) is 0 Å². The molecule has 0 aliphatic carbocycles. The van der Waals surface area contributed by atoms with Crippen LogP contribution in [-0.4, -0.2) is 17.3 Å². The molecule has 0 aliphatic rings. The number of hydrogen-bond acceptors (Lipinski definition) is 3. The topological polar surface area (TPSA) is 43.4 Å². The summed E-state index contributed by atoms with van der Waals surface area (Å²) in [5.41, 5.74) is 0.400. The van der Waals surface area contributed by atoms with Gasteiger partial charge in [0.15, 0.2) is 6.10 Å². The molecule has 0 bridgehead atoms. The Balaban J connectivity index is 2.64. The maximum atomic E-state index is 11.3. The van der Waals surface area contributed by atoms with E-state index in [1.54, 1.807) is 30.3 Å². The lowest BCUT2D eigenvalue weighted by atomic mass is 10.2. The second-order valence-corrected chi connectivity index (χ2v) is 3.09. The predicted octanol–water partition coefficient (Wildman–Crippen LogP) is 2.00. The number of benzene rings is 1. The van der Waals surface area contributed by atoms with Gasteiger partial charge in [-0.15, -0.1) is 0 Å². The van der Waals surface area contributed by atoms with E-state index >= 15 is 0 Å². The van der Waals surface area contributed by atoms with Gasteiger partial charge in [0.05, 0.1) is 5.56 Å². The van der Waals surface area contributed by atoms with Gasteiger partial charge in [-0.2, -0.15) is 0 Å². The van der Waals surface area contributed by atoms with E-state index in [1.165, 1.54) is 6.92 Å². The smallest absolute Gasteiger partial charge is 0.338 e. The molecule has 1 aromatic carbocycles. The second-order valence-electron chi connectivity index (χ2n) is 2.72. The van der Waals surface area contributed by atoms with Crippen LogP contribution in [-0.2, 0) is 9.53 Å². The van der Waals surface area contributed by atoms with E-state index < -0.39 is 17.3 Å². The summed E-state index contributed by atoms with van der Waals surface area (Å²) >= 11 is 5.14. The lowest BCUT2D eigenvalue weighted by molar-refractivity contribution is -0.118. The van der Waals surface area contributed by atoms with Gasteiger partial charge in [0, 0.05) is 0 Å². The zero-order chi connectivity index (χ0) is 10.6. The molecule has 0 saturated carbocycles. The van der Waals surface area contributed by atoms with Crippen LogP contribution in [0, 0.1) is 0 Å². The minimum Gasteiger partial charge on any atom is -0.450 e. The van der Waals surface area contributed by atoms with Crippen molar-refractivity contribution in [3.05, 3.63) is 35.9 Å². The van der Waals surface area contributed by atoms with Crippen LogP contribution in [0.15, 0.2) is 30.3 Å². The molecule has 0 saturated heterocycles. The summed E-state index contributed by atoms with van der Waals surface area (Å²) in [7, 11) is 0. The zero-order valence-electron chi connectivity index (χ0n) is 7.57. The number of carbonyl (C=O) groups excluding carboxylic acids is 2. The van der Waals surface area contributed by atoms with E-state index in [-0.39, 0.29) is 0 Å². The molecular weight excluding hydrogens is 204 g/mol. The molecule has 74 valence electrons. The first kappa shape index (κ1) is 10.7. The number of carbonyl (C=O) groups is 2. The Labute approximate surface area is 86.6 Å². The zero-order valence-corrected chi connectivity index (χ0v) is 8.32. The van der Waals surface area contributed by atoms with Gasteiger partial charge in [-0.25, -0.2) is 4.79 Å². The average molecular weight is 213 g/mol. The molecule has 0 aliphatic heterocycles. The summed E-state index contributed by atoms with van der Waals surface area (Å²) in [6.45, 7) is 1.43. The molecule has 0 radical (unpaired) electrons.